The van der Waals surface area contributed by atoms with Gasteiger partial charge in [-0.2, -0.15) is 0 Å². The van der Waals surface area contributed by atoms with Crippen LogP contribution in [0.25, 0.3) is 0 Å². The third kappa shape index (κ3) is 1.67. The molecule has 1 aliphatic rings. The third-order valence-corrected chi connectivity index (χ3v) is 2.64. The lowest BCUT2D eigenvalue weighted by Gasteiger charge is -2.30. The predicted octanol–water partition coefficient (Wildman–Crippen LogP) is 2.62. The quantitative estimate of drug-likeness (QED) is 0.663. The molecule has 0 radical (unpaired) electrons. The van der Waals surface area contributed by atoms with Crippen LogP contribution in [0.15, 0.2) is 23.8 Å². The number of allylic oxidation sites excluding steroid dienone is 2. The highest BCUT2D eigenvalue weighted by atomic mass is 16.4. The SMILES string of the molecule is CC1=CC(C(=O)O)(C(C)C)C=CC1. The van der Waals surface area contributed by atoms with Crippen LogP contribution in [-0.2, 0) is 4.79 Å². The van der Waals surface area contributed by atoms with E-state index in [4.69, 9.17) is 0 Å². The first-order valence-electron chi connectivity index (χ1n) is 4.58. The summed E-state index contributed by atoms with van der Waals surface area (Å²) >= 11 is 0. The van der Waals surface area contributed by atoms with Crippen LogP contribution in [0.4, 0.5) is 0 Å². The van der Waals surface area contributed by atoms with Gasteiger partial charge in [-0.15, -0.1) is 0 Å². The van der Waals surface area contributed by atoms with E-state index >= 15 is 0 Å². The Hall–Kier alpha value is -1.05. The average Bonchev–Trinajstić information content (AvgIpc) is 2.03. The Kier molecular flexibility index (Phi) is 2.60. The Morgan fingerprint density at radius 2 is 2.23 bits per heavy atom. The molecule has 0 aliphatic heterocycles. The maximum absolute atomic E-state index is 11.2. The molecule has 0 bridgehead atoms. The van der Waals surface area contributed by atoms with Crippen LogP contribution in [0.2, 0.25) is 0 Å². The molecule has 0 saturated heterocycles. The van der Waals surface area contributed by atoms with Gasteiger partial charge in [-0.1, -0.05) is 37.6 Å². The van der Waals surface area contributed by atoms with Gasteiger partial charge in [-0.3, -0.25) is 4.79 Å². The molecule has 13 heavy (non-hydrogen) atoms. The molecule has 1 N–H and O–H groups in total. The minimum absolute atomic E-state index is 0.0940. The summed E-state index contributed by atoms with van der Waals surface area (Å²) in [5.41, 5.74) is 0.362. The Balaban J connectivity index is 3.11. The van der Waals surface area contributed by atoms with Crippen molar-refractivity contribution >= 4 is 5.97 Å². The minimum Gasteiger partial charge on any atom is -0.480 e. The van der Waals surface area contributed by atoms with Crippen molar-refractivity contribution in [1.82, 2.24) is 0 Å². The van der Waals surface area contributed by atoms with Gasteiger partial charge in [0.1, 0.15) is 5.41 Å². The Morgan fingerprint density at radius 1 is 1.62 bits per heavy atom. The van der Waals surface area contributed by atoms with E-state index in [0.29, 0.717) is 0 Å². The van der Waals surface area contributed by atoms with E-state index in [1.54, 1.807) is 0 Å². The standard InChI is InChI=1S/C11H16O2/c1-8(2)11(10(12)13)6-4-5-9(3)7-11/h4,6-8H,5H2,1-3H3,(H,12,13). The van der Waals surface area contributed by atoms with Gasteiger partial charge in [-0.25, -0.2) is 0 Å². The second-order valence-electron chi connectivity index (χ2n) is 3.99. The van der Waals surface area contributed by atoms with E-state index in [1.165, 1.54) is 0 Å². The molecule has 1 aliphatic carbocycles. The van der Waals surface area contributed by atoms with Crippen LogP contribution >= 0.6 is 0 Å². The predicted molar refractivity (Wildman–Crippen MR) is 52.4 cm³/mol. The molecule has 0 aromatic rings. The number of carboxylic acid groups (broad SMARTS) is 1. The Labute approximate surface area is 79.0 Å². The summed E-state index contributed by atoms with van der Waals surface area (Å²) in [6.07, 6.45) is 6.51. The molecule has 0 aromatic heterocycles. The molecule has 2 heteroatoms. The summed E-state index contributed by atoms with van der Waals surface area (Å²) in [5, 5.41) is 9.18. The lowest BCUT2D eigenvalue weighted by atomic mass is 9.73. The summed E-state index contributed by atoms with van der Waals surface area (Å²) in [6.45, 7) is 5.85. The summed E-state index contributed by atoms with van der Waals surface area (Å²) in [6, 6.07) is 0. The molecule has 0 aromatic carbocycles. The fourth-order valence-corrected chi connectivity index (χ4v) is 1.69. The second-order valence-corrected chi connectivity index (χ2v) is 3.99. The van der Waals surface area contributed by atoms with E-state index < -0.39 is 11.4 Å². The monoisotopic (exact) mass is 180 g/mol. The molecule has 2 nitrogen and oxygen atoms in total. The third-order valence-electron chi connectivity index (χ3n) is 2.64. The topological polar surface area (TPSA) is 37.3 Å². The number of carbonyl (C=O) groups is 1. The van der Waals surface area contributed by atoms with Crippen LogP contribution in [0, 0.1) is 11.3 Å². The zero-order valence-electron chi connectivity index (χ0n) is 8.37. The number of aliphatic carboxylic acids is 1. The summed E-state index contributed by atoms with van der Waals surface area (Å²) in [7, 11) is 0. The molecular weight excluding hydrogens is 164 g/mol. The summed E-state index contributed by atoms with van der Waals surface area (Å²) < 4.78 is 0. The van der Waals surface area contributed by atoms with Crippen molar-refractivity contribution in [2.45, 2.75) is 27.2 Å². The van der Waals surface area contributed by atoms with Gasteiger partial charge in [0.25, 0.3) is 0 Å². The zero-order chi connectivity index (χ0) is 10.1. The van der Waals surface area contributed by atoms with Crippen molar-refractivity contribution in [3.63, 3.8) is 0 Å². The molecule has 0 fully saturated rings. The normalized spacial score (nSPS) is 27.5. The van der Waals surface area contributed by atoms with Crippen LogP contribution < -0.4 is 0 Å². The number of hydrogen-bond acceptors (Lipinski definition) is 1. The highest BCUT2D eigenvalue weighted by Gasteiger charge is 2.38. The largest absolute Gasteiger partial charge is 0.480 e. The number of hydrogen-bond donors (Lipinski definition) is 1. The van der Waals surface area contributed by atoms with E-state index in [-0.39, 0.29) is 5.92 Å². The highest BCUT2D eigenvalue weighted by Crippen LogP contribution is 2.36. The van der Waals surface area contributed by atoms with E-state index in [2.05, 4.69) is 0 Å². The average molecular weight is 180 g/mol. The molecule has 0 spiro atoms. The fraction of sp³-hybridized carbons (Fsp3) is 0.545. The second kappa shape index (κ2) is 3.36. The van der Waals surface area contributed by atoms with Crippen LogP contribution in [0.3, 0.4) is 0 Å². The number of carboxylic acids is 1. The van der Waals surface area contributed by atoms with Gasteiger partial charge in [0, 0.05) is 0 Å². The molecular formula is C11H16O2. The van der Waals surface area contributed by atoms with Gasteiger partial charge in [0.15, 0.2) is 0 Å². The molecule has 0 heterocycles. The number of rotatable bonds is 2. The smallest absolute Gasteiger partial charge is 0.317 e. The molecule has 0 saturated carbocycles. The lowest BCUT2D eigenvalue weighted by molar-refractivity contribution is -0.145. The fourth-order valence-electron chi connectivity index (χ4n) is 1.69. The van der Waals surface area contributed by atoms with Gasteiger partial charge in [0.05, 0.1) is 0 Å². The highest BCUT2D eigenvalue weighted by molar-refractivity contribution is 5.80. The van der Waals surface area contributed by atoms with E-state index in [1.807, 2.05) is 39.0 Å². The van der Waals surface area contributed by atoms with E-state index in [0.717, 1.165) is 12.0 Å². The summed E-state index contributed by atoms with van der Waals surface area (Å²) in [4.78, 5) is 11.2. The molecule has 0 amide bonds. The van der Waals surface area contributed by atoms with Crippen molar-refractivity contribution in [3.05, 3.63) is 23.8 Å². The van der Waals surface area contributed by atoms with Crippen LogP contribution in [-0.4, -0.2) is 11.1 Å². The zero-order valence-corrected chi connectivity index (χ0v) is 8.37. The first kappa shape index (κ1) is 10.0. The summed E-state index contributed by atoms with van der Waals surface area (Å²) in [5.74, 6) is -0.658. The molecule has 72 valence electrons. The van der Waals surface area contributed by atoms with Crippen LogP contribution in [0.5, 0.6) is 0 Å². The van der Waals surface area contributed by atoms with Crippen molar-refractivity contribution in [3.8, 4) is 0 Å². The van der Waals surface area contributed by atoms with Crippen molar-refractivity contribution in [2.24, 2.45) is 11.3 Å². The Morgan fingerprint density at radius 3 is 2.54 bits per heavy atom. The maximum atomic E-state index is 11.2. The lowest BCUT2D eigenvalue weighted by Crippen LogP contribution is -2.33. The first-order valence-corrected chi connectivity index (χ1v) is 4.58. The van der Waals surface area contributed by atoms with E-state index in [9.17, 15) is 9.90 Å². The minimum atomic E-state index is -0.775. The molecule has 1 rings (SSSR count). The molecule has 1 atom stereocenters. The Bertz CT molecular complexity index is 274. The van der Waals surface area contributed by atoms with Crippen molar-refractivity contribution < 1.29 is 9.90 Å². The van der Waals surface area contributed by atoms with Gasteiger partial charge >= 0.3 is 5.97 Å². The van der Waals surface area contributed by atoms with Gasteiger partial charge in [-0.05, 0) is 19.3 Å². The maximum Gasteiger partial charge on any atom is 0.317 e. The molecule has 1 unspecified atom stereocenters. The van der Waals surface area contributed by atoms with Crippen LogP contribution in [0.1, 0.15) is 27.2 Å². The first-order chi connectivity index (χ1) is 5.99. The van der Waals surface area contributed by atoms with Gasteiger partial charge < -0.3 is 5.11 Å². The van der Waals surface area contributed by atoms with Crippen molar-refractivity contribution in [1.29, 1.82) is 0 Å². The van der Waals surface area contributed by atoms with Crippen molar-refractivity contribution in [2.75, 3.05) is 0 Å². The van der Waals surface area contributed by atoms with Gasteiger partial charge in [0.2, 0.25) is 0 Å².